The number of rotatable bonds is 3. The zero-order valence-electron chi connectivity index (χ0n) is 10.8. The lowest BCUT2D eigenvalue weighted by atomic mass is 10.1. The summed E-state index contributed by atoms with van der Waals surface area (Å²) in [5, 5.41) is 19.2. The summed E-state index contributed by atoms with van der Waals surface area (Å²) in [6.07, 6.45) is -3.54. The van der Waals surface area contributed by atoms with Crippen molar-refractivity contribution >= 4 is 12.0 Å². The molecule has 0 saturated heterocycles. The Labute approximate surface area is 122 Å². The number of hydrogen-bond acceptors (Lipinski definition) is 4. The van der Waals surface area contributed by atoms with Crippen LogP contribution in [0.4, 0.5) is 13.2 Å². The first-order chi connectivity index (χ1) is 10.3. The lowest BCUT2D eigenvalue weighted by Crippen LogP contribution is -2.23. The normalized spacial score (nSPS) is 12.0. The molecule has 2 aromatic rings. The van der Waals surface area contributed by atoms with E-state index in [1.54, 1.807) is 0 Å². The Balaban J connectivity index is 2.37. The fourth-order valence-electron chi connectivity index (χ4n) is 1.71. The van der Waals surface area contributed by atoms with Gasteiger partial charge in [-0.15, -0.1) is 0 Å². The van der Waals surface area contributed by atoms with Crippen molar-refractivity contribution < 1.29 is 27.5 Å². The quantitative estimate of drug-likeness (QED) is 0.645. The van der Waals surface area contributed by atoms with E-state index in [0.29, 0.717) is 0 Å². The number of carbonyl (C=O) groups excluding carboxylic acids is 1. The van der Waals surface area contributed by atoms with Crippen LogP contribution < -0.4 is 5.11 Å². The van der Waals surface area contributed by atoms with E-state index in [9.17, 15) is 23.1 Å². The summed E-state index contributed by atoms with van der Waals surface area (Å²) < 4.78 is 43.2. The zero-order chi connectivity index (χ0) is 16.3. The molecule has 0 bridgehead atoms. The van der Waals surface area contributed by atoms with E-state index >= 15 is 0 Å². The van der Waals surface area contributed by atoms with E-state index in [4.69, 9.17) is 9.68 Å². The van der Waals surface area contributed by atoms with Crippen LogP contribution in [-0.2, 0) is 11.0 Å². The van der Waals surface area contributed by atoms with Crippen molar-refractivity contribution in [2.24, 2.45) is 0 Å². The number of aliphatic carboxylic acids is 1. The van der Waals surface area contributed by atoms with Crippen molar-refractivity contribution in [2.45, 2.75) is 6.18 Å². The van der Waals surface area contributed by atoms with Crippen molar-refractivity contribution in [1.82, 2.24) is 0 Å². The first kappa shape index (κ1) is 15.4. The van der Waals surface area contributed by atoms with Crippen LogP contribution in [-0.4, -0.2) is 5.97 Å². The molecule has 1 heterocycles. The Morgan fingerprint density at radius 3 is 2.59 bits per heavy atom. The SMILES string of the molecule is N#CC(=Cc1ccc(-c2cccc(C(F)(F)F)c2)o1)C(=O)[O-]. The highest BCUT2D eigenvalue weighted by Crippen LogP contribution is 2.32. The molecule has 0 atom stereocenters. The maximum absolute atomic E-state index is 12.6. The van der Waals surface area contributed by atoms with Gasteiger partial charge in [-0.25, -0.2) is 0 Å². The van der Waals surface area contributed by atoms with Crippen LogP contribution in [0.25, 0.3) is 17.4 Å². The predicted octanol–water partition coefficient (Wildman–Crippen LogP) is 2.62. The number of nitriles is 1. The van der Waals surface area contributed by atoms with Crippen molar-refractivity contribution in [3.05, 3.63) is 53.3 Å². The van der Waals surface area contributed by atoms with E-state index in [1.165, 1.54) is 30.3 Å². The van der Waals surface area contributed by atoms with Crippen molar-refractivity contribution in [3.63, 3.8) is 0 Å². The molecule has 0 saturated carbocycles. The smallest absolute Gasteiger partial charge is 0.416 e. The summed E-state index contributed by atoms with van der Waals surface area (Å²) in [5.41, 5.74) is -1.29. The number of carboxylic acids is 1. The van der Waals surface area contributed by atoms with Crippen LogP contribution in [0.3, 0.4) is 0 Å². The zero-order valence-corrected chi connectivity index (χ0v) is 10.8. The minimum absolute atomic E-state index is 0.0214. The Bertz CT molecular complexity index is 782. The standard InChI is InChI=1S/C15H8F3NO3/c16-15(17,18)11-3-1-2-9(6-11)13-5-4-12(22-13)7-10(8-19)14(20)21/h1-7H,(H,20,21)/p-1. The Morgan fingerprint density at radius 2 is 2.00 bits per heavy atom. The number of halogens is 3. The molecular formula is C15H7F3NO3-. The molecule has 0 aliphatic heterocycles. The molecule has 0 radical (unpaired) electrons. The number of benzene rings is 1. The summed E-state index contributed by atoms with van der Waals surface area (Å²) in [4.78, 5) is 10.6. The van der Waals surface area contributed by atoms with Crippen LogP contribution in [0, 0.1) is 11.3 Å². The molecule has 0 spiro atoms. The van der Waals surface area contributed by atoms with Gasteiger partial charge in [0, 0.05) is 11.6 Å². The van der Waals surface area contributed by atoms with Crippen LogP contribution in [0.5, 0.6) is 0 Å². The van der Waals surface area contributed by atoms with Gasteiger partial charge in [-0.1, -0.05) is 12.1 Å². The molecule has 0 fully saturated rings. The fourth-order valence-corrected chi connectivity index (χ4v) is 1.71. The van der Waals surface area contributed by atoms with Gasteiger partial charge < -0.3 is 14.3 Å². The average molecular weight is 306 g/mol. The molecule has 0 unspecified atom stereocenters. The molecule has 2 rings (SSSR count). The molecule has 0 aliphatic rings. The van der Waals surface area contributed by atoms with E-state index < -0.39 is 23.3 Å². The topological polar surface area (TPSA) is 77.1 Å². The fraction of sp³-hybridized carbons (Fsp3) is 0.0667. The first-order valence-electron chi connectivity index (χ1n) is 5.92. The number of hydrogen-bond donors (Lipinski definition) is 0. The van der Waals surface area contributed by atoms with E-state index in [2.05, 4.69) is 0 Å². The van der Waals surface area contributed by atoms with Gasteiger partial charge >= 0.3 is 6.18 Å². The lowest BCUT2D eigenvalue weighted by Gasteiger charge is -2.07. The van der Waals surface area contributed by atoms with Gasteiger partial charge in [0.1, 0.15) is 17.6 Å². The Morgan fingerprint density at radius 1 is 1.27 bits per heavy atom. The highest BCUT2D eigenvalue weighted by molar-refractivity contribution is 5.94. The lowest BCUT2D eigenvalue weighted by molar-refractivity contribution is -0.298. The average Bonchev–Trinajstić information content (AvgIpc) is 2.92. The van der Waals surface area contributed by atoms with Crippen LogP contribution in [0.2, 0.25) is 0 Å². The highest BCUT2D eigenvalue weighted by atomic mass is 19.4. The molecule has 7 heteroatoms. The summed E-state index contributed by atoms with van der Waals surface area (Å²) in [6, 6.07) is 8.64. The van der Waals surface area contributed by atoms with Gasteiger partial charge in [0.2, 0.25) is 0 Å². The second kappa shape index (κ2) is 5.77. The molecular weight excluding hydrogens is 299 g/mol. The van der Waals surface area contributed by atoms with Gasteiger partial charge in [-0.3, -0.25) is 0 Å². The number of nitrogens with zero attached hydrogens (tertiary/aromatic N) is 1. The molecule has 4 nitrogen and oxygen atoms in total. The van der Waals surface area contributed by atoms with Gasteiger partial charge in [0.25, 0.3) is 0 Å². The molecule has 22 heavy (non-hydrogen) atoms. The van der Waals surface area contributed by atoms with Crippen molar-refractivity contribution in [2.75, 3.05) is 0 Å². The third kappa shape index (κ3) is 3.35. The molecule has 112 valence electrons. The number of alkyl halides is 3. The summed E-state index contributed by atoms with van der Waals surface area (Å²) >= 11 is 0. The van der Waals surface area contributed by atoms with Crippen LogP contribution in [0.1, 0.15) is 11.3 Å². The van der Waals surface area contributed by atoms with Gasteiger partial charge in [-0.05, 0) is 24.3 Å². The van der Waals surface area contributed by atoms with Gasteiger partial charge in [0.15, 0.2) is 0 Å². The molecule has 1 aromatic heterocycles. The molecule has 0 N–H and O–H groups in total. The third-order valence-corrected chi connectivity index (χ3v) is 2.73. The summed E-state index contributed by atoms with van der Waals surface area (Å²) in [6.45, 7) is 0. The second-order valence-electron chi connectivity index (χ2n) is 4.24. The van der Waals surface area contributed by atoms with E-state index in [-0.39, 0.29) is 17.1 Å². The van der Waals surface area contributed by atoms with E-state index in [1.807, 2.05) is 0 Å². The Kier molecular flexibility index (Phi) is 4.04. The minimum atomic E-state index is -4.48. The largest absolute Gasteiger partial charge is 0.544 e. The highest BCUT2D eigenvalue weighted by Gasteiger charge is 2.30. The maximum Gasteiger partial charge on any atom is 0.416 e. The van der Waals surface area contributed by atoms with Crippen molar-refractivity contribution in [3.8, 4) is 17.4 Å². The number of carbonyl (C=O) groups is 1. The Hall–Kier alpha value is -3.01. The summed E-state index contributed by atoms with van der Waals surface area (Å²) in [5.74, 6) is -1.53. The molecule has 1 aromatic carbocycles. The second-order valence-corrected chi connectivity index (χ2v) is 4.24. The molecule has 0 amide bonds. The number of carboxylic acid groups (broad SMARTS) is 1. The van der Waals surface area contributed by atoms with Crippen LogP contribution in [0.15, 0.2) is 46.4 Å². The molecule has 0 aliphatic carbocycles. The van der Waals surface area contributed by atoms with E-state index in [0.717, 1.165) is 18.2 Å². The minimum Gasteiger partial charge on any atom is -0.544 e. The third-order valence-electron chi connectivity index (χ3n) is 2.73. The predicted molar refractivity (Wildman–Crippen MR) is 67.7 cm³/mol. The van der Waals surface area contributed by atoms with Gasteiger partial charge in [0.05, 0.1) is 17.1 Å². The van der Waals surface area contributed by atoms with Gasteiger partial charge in [-0.2, -0.15) is 18.4 Å². The monoisotopic (exact) mass is 306 g/mol. The van der Waals surface area contributed by atoms with Crippen LogP contribution >= 0.6 is 0 Å². The van der Waals surface area contributed by atoms with Crippen molar-refractivity contribution in [1.29, 1.82) is 5.26 Å². The summed E-state index contributed by atoms with van der Waals surface area (Å²) in [7, 11) is 0. The maximum atomic E-state index is 12.6. The number of furan rings is 1. The first-order valence-corrected chi connectivity index (χ1v) is 5.92.